The Kier molecular flexibility index (Phi) is 4.98. The predicted octanol–water partition coefficient (Wildman–Crippen LogP) is 3.66. The molecule has 1 fully saturated rings. The summed E-state index contributed by atoms with van der Waals surface area (Å²) in [7, 11) is 0. The first kappa shape index (κ1) is 15.9. The summed E-state index contributed by atoms with van der Waals surface area (Å²) in [6.07, 6.45) is 5.81. The van der Waals surface area contributed by atoms with Gasteiger partial charge in [0, 0.05) is 12.6 Å². The van der Waals surface area contributed by atoms with Gasteiger partial charge in [-0.15, -0.1) is 0 Å². The van der Waals surface area contributed by atoms with E-state index in [9.17, 15) is 8.78 Å². The molecule has 0 spiro atoms. The van der Waals surface area contributed by atoms with Gasteiger partial charge in [-0.1, -0.05) is 26.7 Å². The van der Waals surface area contributed by atoms with E-state index < -0.39 is 11.6 Å². The van der Waals surface area contributed by atoms with Gasteiger partial charge in [-0.3, -0.25) is 0 Å². The zero-order chi connectivity index (χ0) is 15.5. The lowest BCUT2D eigenvalue weighted by Gasteiger charge is -2.31. The van der Waals surface area contributed by atoms with Gasteiger partial charge in [-0.2, -0.15) is 0 Å². The number of anilines is 2. The molecule has 118 valence electrons. The van der Waals surface area contributed by atoms with Gasteiger partial charge in [0.05, 0.1) is 0 Å². The molecule has 1 aromatic heterocycles. The Balaban J connectivity index is 2.10. The van der Waals surface area contributed by atoms with Crippen molar-refractivity contribution in [1.82, 2.24) is 4.98 Å². The van der Waals surface area contributed by atoms with Gasteiger partial charge >= 0.3 is 0 Å². The quantitative estimate of drug-likeness (QED) is 0.554. The Morgan fingerprint density at radius 2 is 1.86 bits per heavy atom. The molecular formula is C15H24F2N4. The zero-order valence-corrected chi connectivity index (χ0v) is 12.7. The fourth-order valence-electron chi connectivity index (χ4n) is 3.41. The lowest BCUT2D eigenvalue weighted by atomic mass is 9.78. The summed E-state index contributed by atoms with van der Waals surface area (Å²) >= 11 is 0. The van der Waals surface area contributed by atoms with Crippen molar-refractivity contribution in [3.05, 3.63) is 17.7 Å². The highest BCUT2D eigenvalue weighted by Crippen LogP contribution is 2.43. The Morgan fingerprint density at radius 3 is 2.43 bits per heavy atom. The molecule has 0 radical (unpaired) electrons. The van der Waals surface area contributed by atoms with Crippen LogP contribution in [0.2, 0.25) is 0 Å². The minimum atomic E-state index is -0.793. The molecule has 21 heavy (non-hydrogen) atoms. The first-order valence-electron chi connectivity index (χ1n) is 7.52. The second kappa shape index (κ2) is 6.56. The number of nitrogens with one attached hydrogen (secondary N) is 2. The highest BCUT2D eigenvalue weighted by atomic mass is 19.1. The van der Waals surface area contributed by atoms with Crippen molar-refractivity contribution in [2.24, 2.45) is 17.2 Å². The van der Waals surface area contributed by atoms with Gasteiger partial charge in [0.25, 0.3) is 0 Å². The van der Waals surface area contributed by atoms with Crippen molar-refractivity contribution in [3.8, 4) is 0 Å². The first-order chi connectivity index (χ1) is 9.96. The van der Waals surface area contributed by atoms with Gasteiger partial charge in [-0.05, 0) is 30.6 Å². The van der Waals surface area contributed by atoms with E-state index in [1.54, 1.807) is 0 Å². The van der Waals surface area contributed by atoms with Crippen LogP contribution in [0.4, 0.5) is 20.4 Å². The fraction of sp³-hybridized carbons (Fsp3) is 0.667. The van der Waals surface area contributed by atoms with Crippen LogP contribution in [0.5, 0.6) is 0 Å². The number of nitrogens with two attached hydrogens (primary N) is 1. The largest absolute Gasteiger partial charge is 0.367 e. The number of aromatic nitrogens is 1. The molecule has 1 saturated carbocycles. The summed E-state index contributed by atoms with van der Waals surface area (Å²) < 4.78 is 27.1. The van der Waals surface area contributed by atoms with Gasteiger partial charge in [-0.25, -0.2) is 19.6 Å². The third-order valence-electron chi connectivity index (χ3n) is 4.20. The van der Waals surface area contributed by atoms with Gasteiger partial charge < -0.3 is 10.7 Å². The minimum Gasteiger partial charge on any atom is -0.367 e. The highest BCUT2D eigenvalue weighted by molar-refractivity contribution is 5.47. The minimum absolute atomic E-state index is 0.0550. The lowest BCUT2D eigenvalue weighted by molar-refractivity contribution is 0.252. The third kappa shape index (κ3) is 3.81. The summed E-state index contributed by atoms with van der Waals surface area (Å²) in [4.78, 5) is 3.86. The van der Waals surface area contributed by atoms with Crippen molar-refractivity contribution in [3.63, 3.8) is 0 Å². The van der Waals surface area contributed by atoms with E-state index in [1.807, 2.05) is 0 Å². The number of nitrogens with zero attached hydrogens (tertiary/aromatic N) is 1. The molecule has 0 atom stereocenters. The Hall–Kier alpha value is -1.43. The van der Waals surface area contributed by atoms with Crippen LogP contribution in [-0.4, -0.2) is 11.5 Å². The molecule has 0 unspecified atom stereocenters. The second-order valence-corrected chi connectivity index (χ2v) is 6.45. The van der Waals surface area contributed by atoms with Gasteiger partial charge in [0.2, 0.25) is 0 Å². The number of hydrogen-bond donors (Lipinski definition) is 3. The smallest absolute Gasteiger partial charge is 0.178 e. The van der Waals surface area contributed by atoms with Crippen molar-refractivity contribution >= 4 is 11.6 Å². The van der Waals surface area contributed by atoms with Crippen LogP contribution in [0, 0.1) is 23.0 Å². The number of halogens is 2. The molecular weight excluding hydrogens is 274 g/mol. The number of rotatable bonds is 6. The average Bonchev–Trinajstić information content (AvgIpc) is 2.86. The van der Waals surface area contributed by atoms with Crippen LogP contribution in [0.25, 0.3) is 0 Å². The summed E-state index contributed by atoms with van der Waals surface area (Å²) in [5.74, 6) is 4.19. The molecule has 0 saturated heterocycles. The fourth-order valence-corrected chi connectivity index (χ4v) is 3.41. The van der Waals surface area contributed by atoms with Crippen molar-refractivity contribution in [2.45, 2.75) is 46.0 Å². The van der Waals surface area contributed by atoms with Gasteiger partial charge in [0.1, 0.15) is 0 Å². The van der Waals surface area contributed by atoms with Crippen LogP contribution < -0.4 is 16.6 Å². The van der Waals surface area contributed by atoms with E-state index in [4.69, 9.17) is 5.84 Å². The number of nitrogen functional groups attached to an aromatic ring is 1. The first-order valence-corrected chi connectivity index (χ1v) is 7.52. The third-order valence-corrected chi connectivity index (χ3v) is 4.20. The van der Waals surface area contributed by atoms with E-state index in [0.29, 0.717) is 12.5 Å². The summed E-state index contributed by atoms with van der Waals surface area (Å²) in [5.41, 5.74) is 2.33. The topological polar surface area (TPSA) is 63.0 Å². The van der Waals surface area contributed by atoms with Crippen LogP contribution >= 0.6 is 0 Å². The SMILES string of the molecule is CC(C)CC1(CNc2nc(NN)c(F)cc2F)CCCC1. The number of hydrazine groups is 1. The Morgan fingerprint density at radius 1 is 1.24 bits per heavy atom. The van der Waals surface area contributed by atoms with E-state index in [1.165, 1.54) is 12.8 Å². The van der Waals surface area contributed by atoms with Gasteiger partial charge in [0.15, 0.2) is 23.3 Å². The monoisotopic (exact) mass is 298 g/mol. The molecule has 0 bridgehead atoms. The standard InChI is InChI=1S/C15H24F2N4/c1-10(2)8-15(5-3-4-6-15)9-19-13-11(16)7-12(17)14(20-13)21-18/h7,10H,3-6,8-9,18H2,1-2H3,(H2,19,20,21). The van der Waals surface area contributed by atoms with Crippen molar-refractivity contribution < 1.29 is 8.78 Å². The molecule has 6 heteroatoms. The lowest BCUT2D eigenvalue weighted by Crippen LogP contribution is -2.29. The van der Waals surface area contributed by atoms with Crippen LogP contribution in [0.3, 0.4) is 0 Å². The molecule has 4 N–H and O–H groups in total. The maximum Gasteiger partial charge on any atom is 0.178 e. The molecule has 0 aliphatic heterocycles. The maximum atomic E-state index is 13.8. The molecule has 0 amide bonds. The summed E-state index contributed by atoms with van der Waals surface area (Å²) in [6.45, 7) is 5.06. The normalized spacial score (nSPS) is 17.2. The number of hydrogen-bond acceptors (Lipinski definition) is 4. The average molecular weight is 298 g/mol. The Bertz CT molecular complexity index is 485. The van der Waals surface area contributed by atoms with Crippen molar-refractivity contribution in [1.29, 1.82) is 0 Å². The maximum absolute atomic E-state index is 13.8. The molecule has 1 aliphatic carbocycles. The summed E-state index contributed by atoms with van der Waals surface area (Å²) in [6, 6.07) is 0.800. The molecule has 0 aromatic carbocycles. The number of pyridine rings is 1. The predicted molar refractivity (Wildman–Crippen MR) is 80.8 cm³/mol. The van der Waals surface area contributed by atoms with Crippen LogP contribution in [0.15, 0.2) is 6.07 Å². The molecule has 2 rings (SSSR count). The van der Waals surface area contributed by atoms with Crippen LogP contribution in [0.1, 0.15) is 46.0 Å². The zero-order valence-electron chi connectivity index (χ0n) is 12.7. The second-order valence-electron chi connectivity index (χ2n) is 6.45. The van der Waals surface area contributed by atoms with Crippen LogP contribution in [-0.2, 0) is 0 Å². The van der Waals surface area contributed by atoms with E-state index in [0.717, 1.165) is 25.3 Å². The molecule has 1 aromatic rings. The summed E-state index contributed by atoms with van der Waals surface area (Å²) in [5, 5.41) is 3.05. The van der Waals surface area contributed by atoms with E-state index in [2.05, 4.69) is 29.6 Å². The molecule has 1 aliphatic rings. The molecule has 4 nitrogen and oxygen atoms in total. The van der Waals surface area contributed by atoms with E-state index >= 15 is 0 Å². The highest BCUT2D eigenvalue weighted by Gasteiger charge is 2.34. The Labute approximate surface area is 124 Å². The van der Waals surface area contributed by atoms with E-state index in [-0.39, 0.29) is 17.1 Å². The molecule has 1 heterocycles. The van der Waals surface area contributed by atoms with Crippen molar-refractivity contribution in [2.75, 3.05) is 17.3 Å².